The first-order valence-electron chi connectivity index (χ1n) is 8.82. The molecule has 2 N–H and O–H groups in total. The molecule has 1 saturated heterocycles. The summed E-state index contributed by atoms with van der Waals surface area (Å²) in [5, 5.41) is 13.4. The number of aliphatic hydroxyl groups excluding tert-OH is 1. The molecule has 6 heteroatoms. The number of nitrogens with one attached hydrogen (secondary N) is 1. The first kappa shape index (κ1) is 17.6. The molecule has 1 atom stereocenters. The number of rotatable bonds is 8. The van der Waals surface area contributed by atoms with Gasteiger partial charge in [0.1, 0.15) is 18.5 Å². The van der Waals surface area contributed by atoms with Gasteiger partial charge in [-0.15, -0.1) is 0 Å². The summed E-state index contributed by atoms with van der Waals surface area (Å²) in [7, 11) is 0. The van der Waals surface area contributed by atoms with Gasteiger partial charge in [-0.1, -0.05) is 0 Å². The van der Waals surface area contributed by atoms with E-state index in [1.165, 1.54) is 25.5 Å². The highest BCUT2D eigenvalue weighted by atomic mass is 19.2. The van der Waals surface area contributed by atoms with Crippen LogP contribution in [0.3, 0.4) is 0 Å². The maximum Gasteiger partial charge on any atom is 0.162 e. The summed E-state index contributed by atoms with van der Waals surface area (Å²) >= 11 is 0. The smallest absolute Gasteiger partial charge is 0.162 e. The highest BCUT2D eigenvalue weighted by molar-refractivity contribution is 5.23. The van der Waals surface area contributed by atoms with E-state index in [4.69, 9.17) is 4.74 Å². The van der Waals surface area contributed by atoms with Crippen LogP contribution in [-0.2, 0) is 0 Å². The van der Waals surface area contributed by atoms with Gasteiger partial charge in [0.15, 0.2) is 11.6 Å². The first-order valence-corrected chi connectivity index (χ1v) is 8.82. The van der Waals surface area contributed by atoms with E-state index in [0.717, 1.165) is 44.0 Å². The molecule has 3 rings (SSSR count). The van der Waals surface area contributed by atoms with Crippen LogP contribution in [0.5, 0.6) is 5.75 Å². The lowest BCUT2D eigenvalue weighted by molar-refractivity contribution is 0.0978. The standard InChI is InChI=1S/C18H26F2N2O2/c19-17-4-3-16(9-18(17)20)24-12-15(23)10-21-14-5-7-22(8-6-14)11-13-1-2-13/h3-4,9,13-15,21,23H,1-2,5-8,10-12H2. The molecule has 4 nitrogen and oxygen atoms in total. The fourth-order valence-electron chi connectivity index (χ4n) is 3.11. The fourth-order valence-corrected chi connectivity index (χ4v) is 3.11. The summed E-state index contributed by atoms with van der Waals surface area (Å²) in [4.78, 5) is 2.54. The largest absolute Gasteiger partial charge is 0.491 e. The Bertz CT molecular complexity index is 532. The zero-order chi connectivity index (χ0) is 16.9. The van der Waals surface area contributed by atoms with Gasteiger partial charge in [0.05, 0.1) is 0 Å². The van der Waals surface area contributed by atoms with Gasteiger partial charge in [-0.3, -0.25) is 0 Å². The highest BCUT2D eigenvalue weighted by Crippen LogP contribution is 2.30. The molecule has 134 valence electrons. The zero-order valence-corrected chi connectivity index (χ0v) is 13.9. The summed E-state index contributed by atoms with van der Waals surface area (Å²) in [5.41, 5.74) is 0. The van der Waals surface area contributed by atoms with E-state index < -0.39 is 17.7 Å². The molecular formula is C18H26F2N2O2. The van der Waals surface area contributed by atoms with Crippen LogP contribution in [0.2, 0.25) is 0 Å². The SMILES string of the molecule is OC(CNC1CCN(CC2CC2)CC1)COc1ccc(F)c(F)c1. The van der Waals surface area contributed by atoms with E-state index in [2.05, 4.69) is 10.2 Å². The van der Waals surface area contributed by atoms with E-state index >= 15 is 0 Å². The van der Waals surface area contributed by atoms with Crippen molar-refractivity contribution >= 4 is 0 Å². The average molecular weight is 340 g/mol. The van der Waals surface area contributed by atoms with Crippen molar-refractivity contribution in [3.8, 4) is 5.75 Å². The number of aliphatic hydroxyl groups is 1. The topological polar surface area (TPSA) is 44.7 Å². The second-order valence-electron chi connectivity index (χ2n) is 6.97. The molecular weight excluding hydrogens is 314 g/mol. The Labute approximate surface area is 141 Å². The lowest BCUT2D eigenvalue weighted by Crippen LogP contribution is -2.45. The maximum absolute atomic E-state index is 13.1. The Morgan fingerprint density at radius 2 is 1.92 bits per heavy atom. The Morgan fingerprint density at radius 3 is 2.58 bits per heavy atom. The minimum atomic E-state index is -0.946. The molecule has 0 bridgehead atoms. The van der Waals surface area contributed by atoms with Gasteiger partial charge in [0, 0.05) is 25.2 Å². The fraction of sp³-hybridized carbons (Fsp3) is 0.667. The molecule has 0 spiro atoms. The summed E-state index contributed by atoms with van der Waals surface area (Å²) < 4.78 is 31.2. The normalized spacial score (nSPS) is 21.0. The number of benzene rings is 1. The average Bonchev–Trinajstić information content (AvgIpc) is 3.39. The van der Waals surface area contributed by atoms with Crippen LogP contribution in [0.25, 0.3) is 0 Å². The summed E-state index contributed by atoms with van der Waals surface area (Å²) in [6.45, 7) is 3.98. The van der Waals surface area contributed by atoms with E-state index in [1.54, 1.807) is 0 Å². The van der Waals surface area contributed by atoms with Crippen molar-refractivity contribution in [3.63, 3.8) is 0 Å². The summed E-state index contributed by atoms with van der Waals surface area (Å²) in [6.07, 6.45) is 4.31. The molecule has 2 fully saturated rings. The quantitative estimate of drug-likeness (QED) is 0.761. The van der Waals surface area contributed by atoms with Crippen molar-refractivity contribution < 1.29 is 18.6 Å². The van der Waals surface area contributed by atoms with Gasteiger partial charge in [0.2, 0.25) is 0 Å². The Balaban J connectivity index is 1.30. The molecule has 1 aliphatic carbocycles. The molecule has 1 aromatic rings. The minimum Gasteiger partial charge on any atom is -0.491 e. The predicted molar refractivity (Wildman–Crippen MR) is 88.0 cm³/mol. The molecule has 1 unspecified atom stereocenters. The maximum atomic E-state index is 13.1. The number of ether oxygens (including phenoxy) is 1. The Morgan fingerprint density at radius 1 is 1.17 bits per heavy atom. The van der Waals surface area contributed by atoms with Gasteiger partial charge in [-0.25, -0.2) is 8.78 Å². The van der Waals surface area contributed by atoms with Crippen LogP contribution in [0.15, 0.2) is 18.2 Å². The molecule has 0 amide bonds. The van der Waals surface area contributed by atoms with E-state index in [0.29, 0.717) is 12.6 Å². The van der Waals surface area contributed by atoms with E-state index in [-0.39, 0.29) is 12.4 Å². The van der Waals surface area contributed by atoms with Crippen molar-refractivity contribution in [1.29, 1.82) is 0 Å². The second-order valence-corrected chi connectivity index (χ2v) is 6.97. The third kappa shape index (κ3) is 5.40. The van der Waals surface area contributed by atoms with Crippen molar-refractivity contribution in [2.24, 2.45) is 5.92 Å². The Hall–Kier alpha value is -1.24. The summed E-state index contributed by atoms with van der Waals surface area (Å²) in [5.74, 6) is -0.693. The van der Waals surface area contributed by atoms with Crippen molar-refractivity contribution in [2.75, 3.05) is 32.8 Å². The van der Waals surface area contributed by atoms with Gasteiger partial charge in [0.25, 0.3) is 0 Å². The number of halogens is 2. The predicted octanol–water partition coefficient (Wildman–Crippen LogP) is 2.17. The molecule has 2 aliphatic rings. The van der Waals surface area contributed by atoms with Crippen molar-refractivity contribution in [3.05, 3.63) is 29.8 Å². The third-order valence-electron chi connectivity index (χ3n) is 4.78. The molecule has 0 aromatic heterocycles. The van der Waals surface area contributed by atoms with Crippen molar-refractivity contribution in [1.82, 2.24) is 10.2 Å². The van der Waals surface area contributed by atoms with Gasteiger partial charge in [-0.05, 0) is 56.8 Å². The van der Waals surface area contributed by atoms with Gasteiger partial charge in [-0.2, -0.15) is 0 Å². The number of hydrogen-bond acceptors (Lipinski definition) is 4. The molecule has 1 aliphatic heterocycles. The molecule has 0 radical (unpaired) electrons. The van der Waals surface area contributed by atoms with Crippen LogP contribution in [0.4, 0.5) is 8.78 Å². The van der Waals surface area contributed by atoms with Crippen LogP contribution in [0, 0.1) is 17.6 Å². The first-order chi connectivity index (χ1) is 11.6. The van der Waals surface area contributed by atoms with Crippen LogP contribution >= 0.6 is 0 Å². The number of piperidine rings is 1. The molecule has 1 aromatic carbocycles. The van der Waals surface area contributed by atoms with Crippen LogP contribution in [-0.4, -0.2) is 54.9 Å². The number of likely N-dealkylation sites (tertiary alicyclic amines) is 1. The van der Waals surface area contributed by atoms with Gasteiger partial charge < -0.3 is 20.1 Å². The van der Waals surface area contributed by atoms with Crippen molar-refractivity contribution in [2.45, 2.75) is 37.8 Å². The Kier molecular flexibility index (Phi) is 6.03. The van der Waals surface area contributed by atoms with E-state index in [1.807, 2.05) is 0 Å². The monoisotopic (exact) mass is 340 g/mol. The van der Waals surface area contributed by atoms with Gasteiger partial charge >= 0.3 is 0 Å². The molecule has 1 heterocycles. The van der Waals surface area contributed by atoms with E-state index in [9.17, 15) is 13.9 Å². The highest BCUT2D eigenvalue weighted by Gasteiger charge is 2.27. The van der Waals surface area contributed by atoms with Crippen LogP contribution in [0.1, 0.15) is 25.7 Å². The molecule has 24 heavy (non-hydrogen) atoms. The minimum absolute atomic E-state index is 0.0542. The third-order valence-corrected chi connectivity index (χ3v) is 4.78. The zero-order valence-electron chi connectivity index (χ0n) is 13.9. The molecule has 1 saturated carbocycles. The lowest BCUT2D eigenvalue weighted by atomic mass is 10.0. The lowest BCUT2D eigenvalue weighted by Gasteiger charge is -2.32. The summed E-state index contributed by atoms with van der Waals surface area (Å²) in [6, 6.07) is 3.79. The van der Waals surface area contributed by atoms with Crippen LogP contribution < -0.4 is 10.1 Å². The number of nitrogens with zero attached hydrogens (tertiary/aromatic N) is 1. The number of hydrogen-bond donors (Lipinski definition) is 2. The second kappa shape index (κ2) is 8.23.